The topological polar surface area (TPSA) is 50.2 Å². The average Bonchev–Trinajstić information content (AvgIpc) is 3.08. The van der Waals surface area contributed by atoms with E-state index in [0.29, 0.717) is 6.42 Å². The van der Waals surface area contributed by atoms with Crippen LogP contribution in [-0.2, 0) is 24.9 Å². The fourth-order valence-corrected chi connectivity index (χ4v) is 2.67. The number of aryl methyl sites for hydroxylation is 1. The van der Waals surface area contributed by atoms with Crippen molar-refractivity contribution in [3.8, 4) is 0 Å². The Morgan fingerprint density at radius 1 is 1.29 bits per heavy atom. The Kier molecular flexibility index (Phi) is 4.01. The van der Waals surface area contributed by atoms with Crippen molar-refractivity contribution in [1.29, 1.82) is 0 Å². The van der Waals surface area contributed by atoms with Gasteiger partial charge in [0, 0.05) is 50.6 Å². The summed E-state index contributed by atoms with van der Waals surface area (Å²) in [5.74, 6) is 0.232. The molecule has 2 heterocycles. The molecule has 1 aliphatic heterocycles. The smallest absolute Gasteiger partial charge is 0.227 e. The minimum Gasteiger partial charge on any atom is -0.312 e. The van der Waals surface area contributed by atoms with E-state index in [0.717, 1.165) is 31.7 Å². The number of nitrogens with one attached hydrogen (secondary N) is 1. The second-order valence-electron chi connectivity index (χ2n) is 5.44. The van der Waals surface area contributed by atoms with Crippen LogP contribution in [0.25, 0.3) is 0 Å². The third kappa shape index (κ3) is 3.31. The van der Waals surface area contributed by atoms with Crippen LogP contribution in [0.2, 0.25) is 0 Å². The molecule has 0 unspecified atom stereocenters. The zero-order chi connectivity index (χ0) is 14.7. The number of aromatic nitrogens is 2. The molecule has 110 valence electrons. The zero-order valence-electron chi connectivity index (χ0n) is 12.2. The van der Waals surface area contributed by atoms with Crippen LogP contribution in [0.1, 0.15) is 24.0 Å². The molecule has 1 N–H and O–H groups in total. The van der Waals surface area contributed by atoms with Gasteiger partial charge in [0.1, 0.15) is 0 Å². The number of rotatable bonds is 5. The largest absolute Gasteiger partial charge is 0.312 e. The summed E-state index contributed by atoms with van der Waals surface area (Å²) in [6, 6.07) is 8.20. The fourth-order valence-electron chi connectivity index (χ4n) is 2.67. The summed E-state index contributed by atoms with van der Waals surface area (Å²) in [6.45, 7) is 2.41. The monoisotopic (exact) mass is 284 g/mol. The van der Waals surface area contributed by atoms with Crippen molar-refractivity contribution >= 4 is 11.6 Å². The molecule has 2 aromatic rings. The molecule has 3 rings (SSSR count). The number of hydrogen-bond acceptors (Lipinski definition) is 3. The summed E-state index contributed by atoms with van der Waals surface area (Å²) >= 11 is 0. The molecule has 0 bridgehead atoms. The Bertz CT molecular complexity index is 635. The molecule has 1 saturated heterocycles. The molecule has 21 heavy (non-hydrogen) atoms. The number of hydrogen-bond donors (Lipinski definition) is 1. The molecule has 0 radical (unpaired) electrons. The second kappa shape index (κ2) is 6.10. The van der Waals surface area contributed by atoms with Crippen LogP contribution in [0.15, 0.2) is 36.7 Å². The van der Waals surface area contributed by atoms with E-state index in [-0.39, 0.29) is 5.91 Å². The average molecular weight is 284 g/mol. The second-order valence-corrected chi connectivity index (χ2v) is 5.44. The highest BCUT2D eigenvalue weighted by atomic mass is 16.2. The Morgan fingerprint density at radius 3 is 2.86 bits per heavy atom. The first-order valence-corrected chi connectivity index (χ1v) is 7.30. The highest BCUT2D eigenvalue weighted by Gasteiger charge is 2.21. The van der Waals surface area contributed by atoms with Gasteiger partial charge in [-0.1, -0.05) is 12.1 Å². The quantitative estimate of drug-likeness (QED) is 0.911. The van der Waals surface area contributed by atoms with Crippen LogP contribution in [-0.4, -0.2) is 22.2 Å². The van der Waals surface area contributed by atoms with E-state index >= 15 is 0 Å². The molecule has 1 fully saturated rings. The van der Waals surface area contributed by atoms with Crippen LogP contribution in [0.4, 0.5) is 5.69 Å². The molecule has 0 spiro atoms. The van der Waals surface area contributed by atoms with Crippen molar-refractivity contribution in [2.45, 2.75) is 25.9 Å². The number of carbonyl (C=O) groups excluding carboxylic acids is 1. The van der Waals surface area contributed by atoms with Crippen LogP contribution in [0.5, 0.6) is 0 Å². The maximum atomic E-state index is 11.8. The summed E-state index contributed by atoms with van der Waals surface area (Å²) in [5, 5.41) is 7.55. The standard InChI is InChI=1S/C16H20N4O/c1-19-12-14(11-18-19)10-17-9-13-4-2-5-15(8-13)20-7-3-6-16(20)21/h2,4-5,8,11-12,17H,3,6-7,9-10H2,1H3. The zero-order valence-corrected chi connectivity index (χ0v) is 12.2. The van der Waals surface area contributed by atoms with Gasteiger partial charge < -0.3 is 10.2 Å². The number of nitrogens with zero attached hydrogens (tertiary/aromatic N) is 3. The summed E-state index contributed by atoms with van der Waals surface area (Å²) in [7, 11) is 1.92. The molecule has 0 saturated carbocycles. The lowest BCUT2D eigenvalue weighted by molar-refractivity contribution is -0.117. The molecule has 5 nitrogen and oxygen atoms in total. The third-order valence-electron chi connectivity index (χ3n) is 3.71. The van der Waals surface area contributed by atoms with Gasteiger partial charge in [0.05, 0.1) is 6.20 Å². The fraction of sp³-hybridized carbons (Fsp3) is 0.375. The first-order chi connectivity index (χ1) is 10.2. The lowest BCUT2D eigenvalue weighted by Gasteiger charge is -2.16. The molecular weight excluding hydrogens is 264 g/mol. The normalized spacial score (nSPS) is 14.9. The Labute approximate surface area is 124 Å². The van der Waals surface area contributed by atoms with Gasteiger partial charge in [0.25, 0.3) is 0 Å². The molecule has 1 amide bonds. The van der Waals surface area contributed by atoms with Crippen molar-refractivity contribution < 1.29 is 4.79 Å². The lowest BCUT2D eigenvalue weighted by Crippen LogP contribution is -2.23. The number of benzene rings is 1. The Hall–Kier alpha value is -2.14. The minimum atomic E-state index is 0.232. The maximum Gasteiger partial charge on any atom is 0.227 e. The number of amides is 1. The van der Waals surface area contributed by atoms with Crippen molar-refractivity contribution in [2.75, 3.05) is 11.4 Å². The highest BCUT2D eigenvalue weighted by Crippen LogP contribution is 2.22. The van der Waals surface area contributed by atoms with Gasteiger partial charge in [-0.3, -0.25) is 9.48 Å². The van der Waals surface area contributed by atoms with Crippen molar-refractivity contribution in [3.05, 3.63) is 47.8 Å². The third-order valence-corrected chi connectivity index (χ3v) is 3.71. The predicted octanol–water partition coefficient (Wildman–Crippen LogP) is 1.84. The predicted molar refractivity (Wildman–Crippen MR) is 81.8 cm³/mol. The summed E-state index contributed by atoms with van der Waals surface area (Å²) in [5.41, 5.74) is 3.37. The van der Waals surface area contributed by atoms with E-state index in [2.05, 4.69) is 22.5 Å². The molecule has 5 heteroatoms. The van der Waals surface area contributed by atoms with E-state index in [1.807, 2.05) is 36.5 Å². The van der Waals surface area contributed by atoms with Gasteiger partial charge in [-0.2, -0.15) is 5.10 Å². The van der Waals surface area contributed by atoms with Gasteiger partial charge >= 0.3 is 0 Å². The summed E-state index contributed by atoms with van der Waals surface area (Å²) in [4.78, 5) is 13.7. The van der Waals surface area contributed by atoms with Crippen LogP contribution >= 0.6 is 0 Å². The maximum absolute atomic E-state index is 11.8. The van der Waals surface area contributed by atoms with Gasteiger partial charge in [-0.15, -0.1) is 0 Å². The summed E-state index contributed by atoms with van der Waals surface area (Å²) in [6.07, 6.45) is 5.50. The van der Waals surface area contributed by atoms with Gasteiger partial charge in [0.2, 0.25) is 5.91 Å². The van der Waals surface area contributed by atoms with Crippen molar-refractivity contribution in [3.63, 3.8) is 0 Å². The molecule has 1 aromatic heterocycles. The van der Waals surface area contributed by atoms with E-state index < -0.39 is 0 Å². The first kappa shape index (κ1) is 13.8. The SMILES string of the molecule is Cn1cc(CNCc2cccc(N3CCCC3=O)c2)cn1. The number of carbonyl (C=O) groups is 1. The first-order valence-electron chi connectivity index (χ1n) is 7.30. The molecule has 0 atom stereocenters. The molecule has 1 aliphatic rings. The van der Waals surface area contributed by atoms with Crippen LogP contribution < -0.4 is 10.2 Å². The lowest BCUT2D eigenvalue weighted by atomic mass is 10.2. The Balaban J connectivity index is 1.59. The molecule has 1 aromatic carbocycles. The van der Waals surface area contributed by atoms with Crippen LogP contribution in [0.3, 0.4) is 0 Å². The highest BCUT2D eigenvalue weighted by molar-refractivity contribution is 5.95. The van der Waals surface area contributed by atoms with Gasteiger partial charge in [0.15, 0.2) is 0 Å². The van der Waals surface area contributed by atoms with Crippen molar-refractivity contribution in [2.24, 2.45) is 7.05 Å². The number of anilines is 1. The molecule has 0 aliphatic carbocycles. The summed E-state index contributed by atoms with van der Waals surface area (Å²) < 4.78 is 1.80. The molecular formula is C16H20N4O. The van der Waals surface area contributed by atoms with Crippen LogP contribution in [0, 0.1) is 0 Å². The van der Waals surface area contributed by atoms with Gasteiger partial charge in [-0.25, -0.2) is 0 Å². The van der Waals surface area contributed by atoms with E-state index in [9.17, 15) is 4.79 Å². The van der Waals surface area contributed by atoms with Crippen molar-refractivity contribution in [1.82, 2.24) is 15.1 Å². The van der Waals surface area contributed by atoms with Gasteiger partial charge in [-0.05, 0) is 24.1 Å². The minimum absolute atomic E-state index is 0.232. The van der Waals surface area contributed by atoms with E-state index in [4.69, 9.17) is 0 Å². The van der Waals surface area contributed by atoms with E-state index in [1.54, 1.807) is 4.68 Å². The Morgan fingerprint density at radius 2 is 2.14 bits per heavy atom. The van der Waals surface area contributed by atoms with E-state index in [1.165, 1.54) is 11.1 Å².